The summed E-state index contributed by atoms with van der Waals surface area (Å²) in [5, 5.41) is 21.7. The van der Waals surface area contributed by atoms with Gasteiger partial charge in [0.15, 0.2) is 0 Å². The monoisotopic (exact) mass is 273 g/mol. The van der Waals surface area contributed by atoms with Gasteiger partial charge in [0.2, 0.25) is 12.3 Å². The van der Waals surface area contributed by atoms with Crippen LogP contribution in [0.3, 0.4) is 0 Å². The lowest BCUT2D eigenvalue weighted by molar-refractivity contribution is -0.140. The molecule has 18 heavy (non-hydrogen) atoms. The van der Waals surface area contributed by atoms with Crippen LogP contribution >= 0.6 is 11.8 Å². The Morgan fingerprint density at radius 2 is 2.22 bits per heavy atom. The van der Waals surface area contributed by atoms with Crippen LogP contribution in [0.5, 0.6) is 0 Å². The van der Waals surface area contributed by atoms with Gasteiger partial charge in [-0.2, -0.15) is 17.0 Å². The minimum Gasteiger partial charge on any atom is -0.480 e. The van der Waals surface area contributed by atoms with Crippen LogP contribution in [0.1, 0.15) is 12.8 Å². The number of aliphatic carboxylic acids is 1. The summed E-state index contributed by atoms with van der Waals surface area (Å²) in [5.74, 6) is -0.630. The smallest absolute Gasteiger partial charge is 0.326 e. The maximum Gasteiger partial charge on any atom is 0.326 e. The fourth-order valence-electron chi connectivity index (χ4n) is 1.04. The van der Waals surface area contributed by atoms with E-state index >= 15 is 0 Å². The van der Waals surface area contributed by atoms with E-state index in [9.17, 15) is 14.4 Å². The SMILES string of the molecule is N#CCCNC(=O)CSCCC(NC=O)C(=O)O. The molecule has 0 radical (unpaired) electrons. The fourth-order valence-corrected chi connectivity index (χ4v) is 1.87. The molecular formula is C10H15N3O4S. The highest BCUT2D eigenvalue weighted by Gasteiger charge is 2.15. The normalized spacial score (nSPS) is 11.1. The fraction of sp³-hybridized carbons (Fsp3) is 0.600. The summed E-state index contributed by atoms with van der Waals surface area (Å²) in [6.07, 6.45) is 0.864. The van der Waals surface area contributed by atoms with Gasteiger partial charge < -0.3 is 15.7 Å². The van der Waals surface area contributed by atoms with Gasteiger partial charge >= 0.3 is 5.97 Å². The van der Waals surface area contributed by atoms with Crippen molar-refractivity contribution < 1.29 is 19.5 Å². The van der Waals surface area contributed by atoms with Crippen molar-refractivity contribution in [3.63, 3.8) is 0 Å². The molecular weight excluding hydrogens is 258 g/mol. The van der Waals surface area contributed by atoms with Gasteiger partial charge in [-0.3, -0.25) is 9.59 Å². The van der Waals surface area contributed by atoms with E-state index in [2.05, 4.69) is 10.6 Å². The molecule has 0 bridgehead atoms. The molecule has 0 heterocycles. The molecule has 0 saturated carbocycles. The molecule has 100 valence electrons. The minimum absolute atomic E-state index is 0.189. The maximum atomic E-state index is 11.2. The molecule has 0 aliphatic carbocycles. The quantitative estimate of drug-likeness (QED) is 0.359. The second-order valence-corrected chi connectivity index (χ2v) is 4.38. The summed E-state index contributed by atoms with van der Waals surface area (Å²) in [7, 11) is 0. The molecule has 7 nitrogen and oxygen atoms in total. The Kier molecular flexibility index (Phi) is 9.40. The average molecular weight is 273 g/mol. The van der Waals surface area contributed by atoms with E-state index in [4.69, 9.17) is 10.4 Å². The average Bonchev–Trinajstić information content (AvgIpc) is 2.33. The summed E-state index contributed by atoms with van der Waals surface area (Å²) in [4.78, 5) is 32.0. The van der Waals surface area contributed by atoms with E-state index in [0.29, 0.717) is 18.7 Å². The second-order valence-electron chi connectivity index (χ2n) is 3.27. The van der Waals surface area contributed by atoms with Gasteiger partial charge in [0.05, 0.1) is 18.2 Å². The highest BCUT2D eigenvalue weighted by Crippen LogP contribution is 2.04. The Morgan fingerprint density at radius 3 is 2.78 bits per heavy atom. The zero-order valence-electron chi connectivity index (χ0n) is 9.72. The number of thioether (sulfide) groups is 1. The molecule has 0 aliphatic heterocycles. The summed E-state index contributed by atoms with van der Waals surface area (Å²) in [6.45, 7) is 0.320. The molecule has 0 aromatic heterocycles. The highest BCUT2D eigenvalue weighted by molar-refractivity contribution is 7.99. The first-order valence-electron chi connectivity index (χ1n) is 5.25. The largest absolute Gasteiger partial charge is 0.480 e. The van der Waals surface area contributed by atoms with Gasteiger partial charge in [0.25, 0.3) is 0 Å². The molecule has 0 saturated heterocycles. The molecule has 2 amide bonds. The molecule has 3 N–H and O–H groups in total. The van der Waals surface area contributed by atoms with Crippen LogP contribution in [0.2, 0.25) is 0 Å². The number of amides is 2. The van der Waals surface area contributed by atoms with Crippen molar-refractivity contribution in [1.82, 2.24) is 10.6 Å². The number of nitrogens with zero attached hydrogens (tertiary/aromatic N) is 1. The van der Waals surface area contributed by atoms with Crippen molar-refractivity contribution in [2.75, 3.05) is 18.1 Å². The third-order valence-corrected chi connectivity index (χ3v) is 2.90. The van der Waals surface area contributed by atoms with Crippen molar-refractivity contribution in [2.45, 2.75) is 18.9 Å². The standard InChI is InChI=1S/C10H15N3O4S/c11-3-1-4-12-9(15)6-18-5-2-8(10(16)17)13-7-14/h7-8H,1-2,4-6H2,(H,12,15)(H,13,14)(H,16,17). The number of carboxylic acid groups (broad SMARTS) is 1. The number of hydrogen-bond acceptors (Lipinski definition) is 5. The predicted molar refractivity (Wildman–Crippen MR) is 65.8 cm³/mol. The number of nitrogens with one attached hydrogen (secondary N) is 2. The van der Waals surface area contributed by atoms with Crippen LogP contribution in [0.25, 0.3) is 0 Å². The number of carboxylic acids is 1. The lowest BCUT2D eigenvalue weighted by atomic mass is 10.2. The van der Waals surface area contributed by atoms with Gasteiger partial charge in [-0.05, 0) is 12.2 Å². The molecule has 0 aliphatic rings. The van der Waals surface area contributed by atoms with Crippen molar-refractivity contribution >= 4 is 30.0 Å². The van der Waals surface area contributed by atoms with Crippen molar-refractivity contribution in [2.24, 2.45) is 0 Å². The van der Waals surface area contributed by atoms with Crippen LogP contribution in [0, 0.1) is 11.3 Å². The van der Waals surface area contributed by atoms with Crippen LogP contribution < -0.4 is 10.6 Å². The van der Waals surface area contributed by atoms with Gasteiger partial charge in [-0.1, -0.05) is 0 Å². The molecule has 0 aromatic rings. The van der Waals surface area contributed by atoms with Gasteiger partial charge in [-0.25, -0.2) is 4.79 Å². The first-order valence-corrected chi connectivity index (χ1v) is 6.41. The number of carbonyl (C=O) groups is 3. The van der Waals surface area contributed by atoms with Gasteiger partial charge in [0.1, 0.15) is 6.04 Å². The number of hydrogen-bond donors (Lipinski definition) is 3. The van der Waals surface area contributed by atoms with Crippen molar-refractivity contribution in [1.29, 1.82) is 5.26 Å². The molecule has 0 aromatic carbocycles. The lowest BCUT2D eigenvalue weighted by Crippen LogP contribution is -2.36. The van der Waals surface area contributed by atoms with Crippen molar-refractivity contribution in [3.05, 3.63) is 0 Å². The zero-order valence-corrected chi connectivity index (χ0v) is 10.5. The summed E-state index contributed by atoms with van der Waals surface area (Å²) < 4.78 is 0. The Balaban J connectivity index is 3.65. The number of rotatable bonds is 10. The van der Waals surface area contributed by atoms with E-state index < -0.39 is 12.0 Å². The summed E-state index contributed by atoms with van der Waals surface area (Å²) >= 11 is 1.28. The van der Waals surface area contributed by atoms with Crippen LogP contribution in [0.15, 0.2) is 0 Å². The third-order valence-electron chi connectivity index (χ3n) is 1.91. The third kappa shape index (κ3) is 8.41. The maximum absolute atomic E-state index is 11.2. The molecule has 1 unspecified atom stereocenters. The van der Waals surface area contributed by atoms with Crippen LogP contribution in [0.4, 0.5) is 0 Å². The Hall–Kier alpha value is -1.75. The number of carbonyl (C=O) groups excluding carboxylic acids is 2. The molecule has 8 heteroatoms. The minimum atomic E-state index is -1.10. The Morgan fingerprint density at radius 1 is 1.50 bits per heavy atom. The first kappa shape index (κ1) is 16.2. The van der Waals surface area contributed by atoms with E-state index in [1.54, 1.807) is 0 Å². The number of nitriles is 1. The van der Waals surface area contributed by atoms with E-state index in [1.807, 2.05) is 6.07 Å². The predicted octanol–water partition coefficient (Wildman–Crippen LogP) is -0.661. The van der Waals surface area contributed by atoms with Crippen LogP contribution in [-0.2, 0) is 14.4 Å². The summed E-state index contributed by atoms with van der Waals surface area (Å²) in [6, 6.07) is 0.984. The molecule has 1 atom stereocenters. The van der Waals surface area contributed by atoms with Gasteiger partial charge in [0, 0.05) is 6.54 Å². The van der Waals surface area contributed by atoms with Gasteiger partial charge in [-0.15, -0.1) is 0 Å². The van der Waals surface area contributed by atoms with E-state index in [-0.39, 0.29) is 24.5 Å². The Bertz CT molecular complexity index is 330. The van der Waals surface area contributed by atoms with E-state index in [0.717, 1.165) is 0 Å². The molecule has 0 fully saturated rings. The lowest BCUT2D eigenvalue weighted by Gasteiger charge is -2.10. The van der Waals surface area contributed by atoms with Crippen LogP contribution in [-0.4, -0.2) is 47.5 Å². The molecule has 0 rings (SSSR count). The Labute approximate surface area is 109 Å². The zero-order chi connectivity index (χ0) is 13.8. The van der Waals surface area contributed by atoms with Crippen molar-refractivity contribution in [3.8, 4) is 6.07 Å². The molecule has 0 spiro atoms. The topological polar surface area (TPSA) is 119 Å². The second kappa shape index (κ2) is 10.4. The highest BCUT2D eigenvalue weighted by atomic mass is 32.2. The first-order chi connectivity index (χ1) is 8.61. The van der Waals surface area contributed by atoms with E-state index in [1.165, 1.54) is 11.8 Å². The summed E-state index contributed by atoms with van der Waals surface area (Å²) in [5.41, 5.74) is 0.